The molecule has 0 heterocycles. The normalized spacial score (nSPS) is 12.5. The molecule has 0 saturated heterocycles. The van der Waals surface area contributed by atoms with Crippen LogP contribution < -0.4 is 5.32 Å². The first-order valence-electron chi connectivity index (χ1n) is 10.6. The number of aryl methyl sites for hydroxylation is 1. The van der Waals surface area contributed by atoms with Crippen LogP contribution in [-0.4, -0.2) is 31.2 Å². The predicted molar refractivity (Wildman–Crippen MR) is 128 cm³/mol. The summed E-state index contributed by atoms with van der Waals surface area (Å²) in [5.41, 5.74) is 1.74. The number of carbonyl (C=O) groups is 1. The molecule has 0 bridgehead atoms. The zero-order chi connectivity index (χ0) is 23.8. The molecule has 0 spiro atoms. The molecular formula is C25H26ClFN2O3S. The minimum atomic E-state index is -3.99. The summed E-state index contributed by atoms with van der Waals surface area (Å²) in [6.45, 7) is 1.45. The lowest BCUT2D eigenvalue weighted by molar-refractivity contribution is -0.122. The number of sulfonamides is 1. The second-order valence-corrected chi connectivity index (χ2v) is 10.2. The fourth-order valence-electron chi connectivity index (χ4n) is 3.36. The minimum absolute atomic E-state index is 0.0268. The number of halogens is 2. The van der Waals surface area contributed by atoms with Gasteiger partial charge in [0.15, 0.2) is 0 Å². The zero-order valence-corrected chi connectivity index (χ0v) is 19.8. The number of hydrogen-bond acceptors (Lipinski definition) is 3. The van der Waals surface area contributed by atoms with Gasteiger partial charge >= 0.3 is 0 Å². The highest BCUT2D eigenvalue weighted by Gasteiger charge is 2.27. The smallest absolute Gasteiger partial charge is 0.243 e. The Balaban J connectivity index is 1.72. The van der Waals surface area contributed by atoms with Crippen molar-refractivity contribution in [1.82, 2.24) is 9.62 Å². The summed E-state index contributed by atoms with van der Waals surface area (Å²) in [5.74, 6) is -0.828. The van der Waals surface area contributed by atoms with E-state index in [9.17, 15) is 17.6 Å². The Kier molecular flexibility index (Phi) is 8.61. The molecule has 3 rings (SSSR count). The quantitative estimate of drug-likeness (QED) is 0.445. The molecule has 3 aromatic rings. The van der Waals surface area contributed by atoms with Gasteiger partial charge in [-0.15, -0.1) is 0 Å². The van der Waals surface area contributed by atoms with Gasteiger partial charge in [-0.2, -0.15) is 4.31 Å². The second kappa shape index (κ2) is 11.4. The van der Waals surface area contributed by atoms with Crippen molar-refractivity contribution in [3.8, 4) is 0 Å². The SMILES string of the molecule is C[C@H](CCc1ccccc1)NC(=O)CN(Cc1ccc(F)cc1)S(=O)(=O)c1ccc(Cl)cc1. The molecule has 0 unspecified atom stereocenters. The third-order valence-corrected chi connectivity index (χ3v) is 7.22. The van der Waals surface area contributed by atoms with E-state index in [2.05, 4.69) is 5.32 Å². The average molecular weight is 489 g/mol. The molecule has 8 heteroatoms. The standard InChI is InChI=1S/C25H26ClFN2O3S/c1-19(7-8-20-5-3-2-4-6-20)28-25(30)18-29(17-21-9-13-23(27)14-10-21)33(31,32)24-15-11-22(26)12-16-24/h2-6,9-16,19H,7-8,17-18H2,1H3,(H,28,30)/t19-/m1/s1. The Labute approximate surface area is 199 Å². The van der Waals surface area contributed by atoms with Crippen molar-refractivity contribution in [3.05, 3.63) is 101 Å². The number of nitrogens with one attached hydrogen (secondary N) is 1. The highest BCUT2D eigenvalue weighted by Crippen LogP contribution is 2.21. The molecule has 174 valence electrons. The first kappa shape index (κ1) is 24.9. The molecule has 1 N–H and O–H groups in total. The first-order valence-corrected chi connectivity index (χ1v) is 12.4. The molecule has 0 aliphatic rings. The predicted octanol–water partition coefficient (Wildman–Crippen LogP) is 4.81. The van der Waals surface area contributed by atoms with Gasteiger partial charge in [0.25, 0.3) is 0 Å². The molecule has 33 heavy (non-hydrogen) atoms. The van der Waals surface area contributed by atoms with Gasteiger partial charge in [0, 0.05) is 17.6 Å². The van der Waals surface area contributed by atoms with E-state index in [0.717, 1.165) is 17.1 Å². The number of hydrogen-bond donors (Lipinski definition) is 1. The van der Waals surface area contributed by atoms with E-state index in [1.807, 2.05) is 37.3 Å². The van der Waals surface area contributed by atoms with Crippen LogP contribution in [0.4, 0.5) is 4.39 Å². The second-order valence-electron chi connectivity index (χ2n) is 7.85. The summed E-state index contributed by atoms with van der Waals surface area (Å²) in [5, 5.41) is 3.29. The Morgan fingerprint density at radius 2 is 1.61 bits per heavy atom. The molecular weight excluding hydrogens is 463 g/mol. The van der Waals surface area contributed by atoms with E-state index in [0.29, 0.717) is 10.6 Å². The number of nitrogens with zero attached hydrogens (tertiary/aromatic N) is 1. The van der Waals surface area contributed by atoms with E-state index in [-0.39, 0.29) is 24.0 Å². The van der Waals surface area contributed by atoms with Gasteiger partial charge in [-0.05, 0) is 67.3 Å². The topological polar surface area (TPSA) is 66.5 Å². The maximum atomic E-state index is 13.3. The molecule has 1 amide bonds. The van der Waals surface area contributed by atoms with E-state index >= 15 is 0 Å². The van der Waals surface area contributed by atoms with Crippen LogP contribution in [0.5, 0.6) is 0 Å². The molecule has 0 saturated carbocycles. The molecule has 3 aromatic carbocycles. The van der Waals surface area contributed by atoms with Gasteiger partial charge < -0.3 is 5.32 Å². The average Bonchev–Trinajstić information content (AvgIpc) is 2.79. The van der Waals surface area contributed by atoms with E-state index in [4.69, 9.17) is 11.6 Å². The van der Waals surface area contributed by atoms with Gasteiger partial charge in [0.1, 0.15) is 5.82 Å². The van der Waals surface area contributed by atoms with Gasteiger partial charge in [-0.25, -0.2) is 12.8 Å². The molecule has 5 nitrogen and oxygen atoms in total. The first-order chi connectivity index (χ1) is 15.7. The molecule has 1 atom stereocenters. The minimum Gasteiger partial charge on any atom is -0.352 e. The molecule has 0 aliphatic carbocycles. The summed E-state index contributed by atoms with van der Waals surface area (Å²) in [6.07, 6.45) is 1.52. The van der Waals surface area contributed by atoms with Gasteiger partial charge in [0.05, 0.1) is 11.4 Å². The van der Waals surface area contributed by atoms with Crippen molar-refractivity contribution >= 4 is 27.5 Å². The van der Waals surface area contributed by atoms with Crippen molar-refractivity contribution in [2.75, 3.05) is 6.54 Å². The number of benzene rings is 3. The van der Waals surface area contributed by atoms with Crippen LogP contribution in [0.1, 0.15) is 24.5 Å². The van der Waals surface area contributed by atoms with E-state index in [1.54, 1.807) is 0 Å². The summed E-state index contributed by atoms with van der Waals surface area (Å²) in [4.78, 5) is 12.8. The lowest BCUT2D eigenvalue weighted by atomic mass is 10.1. The van der Waals surface area contributed by atoms with E-state index < -0.39 is 21.7 Å². The fraction of sp³-hybridized carbons (Fsp3) is 0.240. The highest BCUT2D eigenvalue weighted by molar-refractivity contribution is 7.89. The van der Waals surface area contributed by atoms with E-state index in [1.165, 1.54) is 54.1 Å². The molecule has 0 aliphatic heterocycles. The highest BCUT2D eigenvalue weighted by atomic mass is 35.5. The Hall–Kier alpha value is -2.74. The van der Waals surface area contributed by atoms with Gasteiger partial charge in [-0.3, -0.25) is 4.79 Å². The van der Waals surface area contributed by atoms with Crippen molar-refractivity contribution in [3.63, 3.8) is 0 Å². The Morgan fingerprint density at radius 1 is 0.970 bits per heavy atom. The number of rotatable bonds is 10. The van der Waals surface area contributed by atoms with Crippen LogP contribution in [0.3, 0.4) is 0 Å². The van der Waals surface area contributed by atoms with Crippen LogP contribution >= 0.6 is 11.6 Å². The third-order valence-electron chi connectivity index (χ3n) is 5.16. The Morgan fingerprint density at radius 3 is 2.24 bits per heavy atom. The molecule has 0 aromatic heterocycles. The third kappa shape index (κ3) is 7.39. The lowest BCUT2D eigenvalue weighted by Gasteiger charge is -2.23. The van der Waals surface area contributed by atoms with Crippen molar-refractivity contribution in [1.29, 1.82) is 0 Å². The lowest BCUT2D eigenvalue weighted by Crippen LogP contribution is -2.43. The van der Waals surface area contributed by atoms with Crippen LogP contribution in [0, 0.1) is 5.82 Å². The van der Waals surface area contributed by atoms with Crippen LogP contribution in [-0.2, 0) is 27.8 Å². The maximum absolute atomic E-state index is 13.3. The molecule has 0 fully saturated rings. The van der Waals surface area contributed by atoms with Crippen LogP contribution in [0.15, 0.2) is 83.8 Å². The summed E-state index contributed by atoms with van der Waals surface area (Å²) >= 11 is 5.89. The summed E-state index contributed by atoms with van der Waals surface area (Å²) < 4.78 is 40.9. The van der Waals surface area contributed by atoms with Crippen LogP contribution in [0.25, 0.3) is 0 Å². The summed E-state index contributed by atoms with van der Waals surface area (Å²) in [7, 11) is -3.99. The van der Waals surface area contributed by atoms with Crippen molar-refractivity contribution in [2.45, 2.75) is 37.2 Å². The maximum Gasteiger partial charge on any atom is 0.243 e. The van der Waals surface area contributed by atoms with Crippen molar-refractivity contribution in [2.24, 2.45) is 0 Å². The monoisotopic (exact) mass is 488 g/mol. The zero-order valence-electron chi connectivity index (χ0n) is 18.2. The largest absolute Gasteiger partial charge is 0.352 e. The van der Waals surface area contributed by atoms with Crippen LogP contribution in [0.2, 0.25) is 5.02 Å². The van der Waals surface area contributed by atoms with Gasteiger partial charge in [0.2, 0.25) is 15.9 Å². The fourth-order valence-corrected chi connectivity index (χ4v) is 4.87. The number of carbonyl (C=O) groups excluding carboxylic acids is 1. The molecule has 0 radical (unpaired) electrons. The van der Waals surface area contributed by atoms with Crippen molar-refractivity contribution < 1.29 is 17.6 Å². The number of amides is 1. The summed E-state index contributed by atoms with van der Waals surface area (Å²) in [6, 6.07) is 21.1. The Bertz CT molecular complexity index is 1150. The van der Waals surface area contributed by atoms with Gasteiger partial charge in [-0.1, -0.05) is 54.1 Å².